The third kappa shape index (κ3) is 4.17. The fourth-order valence-electron chi connectivity index (χ4n) is 3.24. The van der Waals surface area contributed by atoms with E-state index >= 15 is 0 Å². The molecule has 1 saturated heterocycles. The molecule has 2 fully saturated rings. The highest BCUT2D eigenvalue weighted by Gasteiger charge is 2.27. The molecule has 2 aromatic heterocycles. The van der Waals surface area contributed by atoms with E-state index in [1.807, 2.05) is 11.3 Å². The molecule has 130 valence electrons. The number of nitriles is 1. The highest BCUT2D eigenvalue weighted by Crippen LogP contribution is 2.41. The van der Waals surface area contributed by atoms with Crippen LogP contribution in [0.25, 0.3) is 0 Å². The summed E-state index contributed by atoms with van der Waals surface area (Å²) in [5.74, 6) is 1.75. The van der Waals surface area contributed by atoms with E-state index < -0.39 is 0 Å². The Morgan fingerprint density at radius 2 is 2.12 bits per heavy atom. The van der Waals surface area contributed by atoms with Crippen LogP contribution in [0.15, 0.2) is 23.7 Å². The van der Waals surface area contributed by atoms with Crippen molar-refractivity contribution in [2.45, 2.75) is 38.1 Å². The van der Waals surface area contributed by atoms with Crippen LogP contribution in [-0.4, -0.2) is 34.6 Å². The van der Waals surface area contributed by atoms with E-state index in [0.717, 1.165) is 38.4 Å². The second-order valence-electron chi connectivity index (χ2n) is 6.95. The molecule has 4 rings (SSSR count). The number of rotatable bonds is 6. The summed E-state index contributed by atoms with van der Waals surface area (Å²) in [6.07, 6.45) is 6.55. The van der Waals surface area contributed by atoms with E-state index in [-0.39, 0.29) is 0 Å². The van der Waals surface area contributed by atoms with E-state index in [1.54, 1.807) is 18.3 Å². The lowest BCUT2D eigenvalue weighted by Crippen LogP contribution is -2.35. The van der Waals surface area contributed by atoms with Crippen molar-refractivity contribution in [1.29, 1.82) is 5.26 Å². The molecule has 0 aromatic carbocycles. The molecular formula is C19H22N4OS. The summed E-state index contributed by atoms with van der Waals surface area (Å²) in [6.45, 7) is 3.77. The molecule has 0 unspecified atom stereocenters. The first-order valence-electron chi connectivity index (χ1n) is 8.96. The SMILES string of the molecule is N#Cc1cccnc1OCC1CCN(Cc2csc(C3CC3)n2)CC1. The number of thiazole rings is 1. The van der Waals surface area contributed by atoms with Crippen molar-refractivity contribution in [2.75, 3.05) is 19.7 Å². The highest BCUT2D eigenvalue weighted by molar-refractivity contribution is 7.09. The van der Waals surface area contributed by atoms with Crippen LogP contribution >= 0.6 is 11.3 Å². The zero-order valence-corrected chi connectivity index (χ0v) is 15.0. The molecule has 3 heterocycles. The van der Waals surface area contributed by atoms with Crippen molar-refractivity contribution in [2.24, 2.45) is 5.92 Å². The lowest BCUT2D eigenvalue weighted by molar-refractivity contribution is 0.133. The van der Waals surface area contributed by atoms with Crippen molar-refractivity contribution >= 4 is 11.3 Å². The van der Waals surface area contributed by atoms with Gasteiger partial charge in [0.05, 0.1) is 17.3 Å². The predicted octanol–water partition coefficient (Wildman–Crippen LogP) is 3.58. The number of piperidine rings is 1. The largest absolute Gasteiger partial charge is 0.476 e. The molecule has 6 heteroatoms. The van der Waals surface area contributed by atoms with Crippen LogP contribution in [0.1, 0.15) is 47.9 Å². The molecule has 1 saturated carbocycles. The summed E-state index contributed by atoms with van der Waals surface area (Å²) in [5, 5.41) is 12.7. The lowest BCUT2D eigenvalue weighted by Gasteiger charge is -2.31. The molecule has 0 amide bonds. The Bertz CT molecular complexity index is 757. The minimum absolute atomic E-state index is 0.461. The zero-order chi connectivity index (χ0) is 17.1. The third-order valence-corrected chi connectivity index (χ3v) is 5.99. The van der Waals surface area contributed by atoms with Gasteiger partial charge in [0, 0.05) is 24.0 Å². The maximum absolute atomic E-state index is 9.09. The van der Waals surface area contributed by atoms with E-state index in [0.29, 0.717) is 24.0 Å². The molecule has 1 aliphatic carbocycles. The van der Waals surface area contributed by atoms with Crippen molar-refractivity contribution in [1.82, 2.24) is 14.9 Å². The van der Waals surface area contributed by atoms with Crippen LogP contribution in [0.3, 0.4) is 0 Å². The molecule has 2 aliphatic rings. The van der Waals surface area contributed by atoms with Gasteiger partial charge in [0.1, 0.15) is 11.6 Å². The van der Waals surface area contributed by atoms with Crippen LogP contribution in [0.2, 0.25) is 0 Å². The van der Waals surface area contributed by atoms with Crippen LogP contribution in [0, 0.1) is 17.2 Å². The van der Waals surface area contributed by atoms with Gasteiger partial charge in [0.15, 0.2) is 0 Å². The number of likely N-dealkylation sites (tertiary alicyclic amines) is 1. The summed E-state index contributed by atoms with van der Waals surface area (Å²) in [7, 11) is 0. The topological polar surface area (TPSA) is 62.0 Å². The molecule has 25 heavy (non-hydrogen) atoms. The maximum atomic E-state index is 9.09. The fourth-order valence-corrected chi connectivity index (χ4v) is 4.22. The van der Waals surface area contributed by atoms with E-state index in [2.05, 4.69) is 21.3 Å². The molecule has 5 nitrogen and oxygen atoms in total. The molecule has 0 spiro atoms. The Labute approximate surface area is 152 Å². The number of hydrogen-bond acceptors (Lipinski definition) is 6. The minimum Gasteiger partial charge on any atom is -0.476 e. The minimum atomic E-state index is 0.461. The van der Waals surface area contributed by atoms with Crippen LogP contribution < -0.4 is 4.74 Å². The van der Waals surface area contributed by atoms with Gasteiger partial charge in [-0.25, -0.2) is 9.97 Å². The monoisotopic (exact) mass is 354 g/mol. The number of aromatic nitrogens is 2. The number of hydrogen-bond donors (Lipinski definition) is 0. The van der Waals surface area contributed by atoms with Crippen LogP contribution in [0.5, 0.6) is 5.88 Å². The summed E-state index contributed by atoms with van der Waals surface area (Å²) >= 11 is 1.83. The molecule has 2 aromatic rings. The first-order chi connectivity index (χ1) is 12.3. The lowest BCUT2D eigenvalue weighted by atomic mass is 9.98. The number of pyridine rings is 1. The average molecular weight is 354 g/mol. The molecule has 0 atom stereocenters. The van der Waals surface area contributed by atoms with Gasteiger partial charge in [0.2, 0.25) is 5.88 Å². The molecule has 1 aliphatic heterocycles. The highest BCUT2D eigenvalue weighted by atomic mass is 32.1. The summed E-state index contributed by atoms with van der Waals surface area (Å²) in [4.78, 5) is 11.4. The average Bonchev–Trinajstić information content (AvgIpc) is 3.41. The normalized spacial score (nSPS) is 18.8. The zero-order valence-electron chi connectivity index (χ0n) is 14.2. The third-order valence-electron chi connectivity index (χ3n) is 4.94. The van der Waals surface area contributed by atoms with Crippen molar-refractivity contribution in [3.63, 3.8) is 0 Å². The van der Waals surface area contributed by atoms with Gasteiger partial charge >= 0.3 is 0 Å². The smallest absolute Gasteiger partial charge is 0.231 e. The Morgan fingerprint density at radius 3 is 2.88 bits per heavy atom. The number of nitrogens with zero attached hydrogens (tertiary/aromatic N) is 4. The molecule has 0 N–H and O–H groups in total. The van der Waals surface area contributed by atoms with E-state index in [1.165, 1.54) is 23.5 Å². The Kier molecular flexibility index (Phi) is 4.95. The Morgan fingerprint density at radius 1 is 1.28 bits per heavy atom. The maximum Gasteiger partial charge on any atom is 0.231 e. The second-order valence-corrected chi connectivity index (χ2v) is 7.84. The summed E-state index contributed by atoms with van der Waals surface area (Å²) in [5.41, 5.74) is 1.74. The molecule has 0 radical (unpaired) electrons. The van der Waals surface area contributed by atoms with Crippen LogP contribution in [-0.2, 0) is 6.54 Å². The number of ether oxygens (including phenoxy) is 1. The summed E-state index contributed by atoms with van der Waals surface area (Å²) in [6, 6.07) is 5.64. The second kappa shape index (κ2) is 7.51. The van der Waals surface area contributed by atoms with Crippen LogP contribution in [0.4, 0.5) is 0 Å². The molecule has 0 bridgehead atoms. The Hall–Kier alpha value is -1.97. The quantitative estimate of drug-likeness (QED) is 0.793. The summed E-state index contributed by atoms with van der Waals surface area (Å²) < 4.78 is 5.79. The Balaban J connectivity index is 1.23. The van der Waals surface area contributed by atoms with Crippen molar-refractivity contribution in [3.05, 3.63) is 40.0 Å². The van der Waals surface area contributed by atoms with Gasteiger partial charge in [-0.2, -0.15) is 5.26 Å². The van der Waals surface area contributed by atoms with E-state index in [9.17, 15) is 0 Å². The fraction of sp³-hybridized carbons (Fsp3) is 0.526. The molecular weight excluding hydrogens is 332 g/mol. The first kappa shape index (κ1) is 16.5. The predicted molar refractivity (Wildman–Crippen MR) is 96.5 cm³/mol. The van der Waals surface area contributed by atoms with Gasteiger partial charge in [-0.3, -0.25) is 4.90 Å². The van der Waals surface area contributed by atoms with Crippen molar-refractivity contribution in [3.8, 4) is 11.9 Å². The first-order valence-corrected chi connectivity index (χ1v) is 9.84. The van der Waals surface area contributed by atoms with Crippen molar-refractivity contribution < 1.29 is 4.74 Å². The standard InChI is InChI=1S/C19H22N4OS/c20-10-16-2-1-7-21-18(16)24-12-14-5-8-23(9-6-14)11-17-13-25-19(22-17)15-3-4-15/h1-2,7,13-15H,3-6,8-9,11-12H2. The van der Waals surface area contributed by atoms with E-state index in [4.69, 9.17) is 15.0 Å². The van der Waals surface area contributed by atoms with Gasteiger partial charge in [-0.15, -0.1) is 11.3 Å². The van der Waals surface area contributed by atoms with Gasteiger partial charge in [-0.1, -0.05) is 0 Å². The van der Waals surface area contributed by atoms with Gasteiger partial charge in [-0.05, 0) is 56.8 Å². The van der Waals surface area contributed by atoms with Gasteiger partial charge in [0.25, 0.3) is 0 Å². The van der Waals surface area contributed by atoms with Gasteiger partial charge < -0.3 is 4.74 Å².